The minimum absolute atomic E-state index is 0.0513. The van der Waals surface area contributed by atoms with Gasteiger partial charge in [-0.2, -0.15) is 0 Å². The number of hydrogen-bond donors (Lipinski definition) is 1. The van der Waals surface area contributed by atoms with Crippen LogP contribution in [-0.4, -0.2) is 16.9 Å². The van der Waals surface area contributed by atoms with Gasteiger partial charge in [0.15, 0.2) is 0 Å². The quantitative estimate of drug-likeness (QED) is 0.645. The number of rotatable bonds is 5. The van der Waals surface area contributed by atoms with Crippen molar-refractivity contribution in [3.05, 3.63) is 73.8 Å². The van der Waals surface area contributed by atoms with Crippen molar-refractivity contribution in [2.45, 2.75) is 19.4 Å². The lowest BCUT2D eigenvalue weighted by atomic mass is 10.1. The molecule has 0 radical (unpaired) electrons. The molecule has 0 spiro atoms. The summed E-state index contributed by atoms with van der Waals surface area (Å²) in [5.74, 6) is -0.369. The zero-order valence-corrected chi connectivity index (χ0v) is 13.8. The molecule has 0 saturated heterocycles. The molecule has 0 fully saturated rings. The summed E-state index contributed by atoms with van der Waals surface area (Å²) < 4.78 is 0. The minimum atomic E-state index is -0.559. The third-order valence-corrected chi connectivity index (χ3v) is 3.81. The number of benzene rings is 2. The predicted molar refractivity (Wildman–Crippen MR) is 90.2 cm³/mol. The van der Waals surface area contributed by atoms with Crippen molar-refractivity contribution in [3.63, 3.8) is 0 Å². The van der Waals surface area contributed by atoms with Crippen LogP contribution in [-0.2, 0) is 6.42 Å². The lowest BCUT2D eigenvalue weighted by Gasteiger charge is -2.14. The zero-order valence-electron chi connectivity index (χ0n) is 12.3. The predicted octanol–water partition coefficient (Wildman–Crippen LogP) is 4.26. The van der Waals surface area contributed by atoms with Crippen molar-refractivity contribution in [2.24, 2.45) is 0 Å². The molecular weight excluding hydrogens is 339 g/mol. The highest BCUT2D eigenvalue weighted by atomic mass is 35.5. The summed E-state index contributed by atoms with van der Waals surface area (Å²) in [6, 6.07) is 11.0. The Morgan fingerprint density at radius 2 is 1.87 bits per heavy atom. The molecule has 0 saturated carbocycles. The van der Waals surface area contributed by atoms with E-state index in [-0.39, 0.29) is 28.2 Å². The number of carbonyl (C=O) groups is 1. The van der Waals surface area contributed by atoms with Gasteiger partial charge in [0.2, 0.25) is 0 Å². The van der Waals surface area contributed by atoms with Gasteiger partial charge in [0.25, 0.3) is 11.6 Å². The average Bonchev–Trinajstić information content (AvgIpc) is 2.49. The normalized spacial score (nSPS) is 11.8. The Morgan fingerprint density at radius 3 is 2.43 bits per heavy atom. The summed E-state index contributed by atoms with van der Waals surface area (Å²) in [6.07, 6.45) is 0.632. The molecule has 120 valence electrons. The van der Waals surface area contributed by atoms with Crippen LogP contribution in [0.2, 0.25) is 10.0 Å². The van der Waals surface area contributed by atoms with Crippen molar-refractivity contribution < 1.29 is 9.72 Å². The van der Waals surface area contributed by atoms with Crippen LogP contribution in [0.15, 0.2) is 42.5 Å². The highest BCUT2D eigenvalue weighted by molar-refractivity contribution is 6.34. The minimum Gasteiger partial charge on any atom is -0.349 e. The van der Waals surface area contributed by atoms with E-state index in [2.05, 4.69) is 5.32 Å². The third-order valence-electron chi connectivity index (χ3n) is 3.24. The van der Waals surface area contributed by atoms with E-state index in [0.717, 1.165) is 5.56 Å². The summed E-state index contributed by atoms with van der Waals surface area (Å²) in [5, 5.41) is 14.2. The summed E-state index contributed by atoms with van der Waals surface area (Å²) in [5.41, 5.74) is 1.10. The Morgan fingerprint density at radius 1 is 1.22 bits per heavy atom. The molecule has 0 aliphatic rings. The number of nitrogens with zero attached hydrogens (tertiary/aromatic N) is 1. The van der Waals surface area contributed by atoms with Crippen LogP contribution in [0.25, 0.3) is 0 Å². The van der Waals surface area contributed by atoms with Crippen LogP contribution >= 0.6 is 23.2 Å². The van der Waals surface area contributed by atoms with Crippen molar-refractivity contribution in [1.29, 1.82) is 0 Å². The van der Waals surface area contributed by atoms with E-state index in [9.17, 15) is 14.9 Å². The third kappa shape index (κ3) is 4.68. The van der Waals surface area contributed by atoms with Gasteiger partial charge in [-0.15, -0.1) is 0 Å². The van der Waals surface area contributed by atoms with Gasteiger partial charge in [-0.1, -0.05) is 35.3 Å². The van der Waals surface area contributed by atoms with E-state index in [1.165, 1.54) is 18.2 Å². The van der Waals surface area contributed by atoms with Crippen LogP contribution in [0, 0.1) is 10.1 Å². The maximum Gasteiger partial charge on any atom is 0.270 e. The standard InChI is InChI=1S/C16H14Cl2N2O3/c1-10(8-11-2-4-12(17)5-3-11)19-16(21)14-7-6-13(20(22)23)9-15(14)18/h2-7,9-10H,8H2,1H3,(H,19,21). The largest absolute Gasteiger partial charge is 0.349 e. The van der Waals surface area contributed by atoms with Gasteiger partial charge in [0.05, 0.1) is 15.5 Å². The number of carbonyl (C=O) groups excluding carboxylic acids is 1. The Bertz CT molecular complexity index is 733. The van der Waals surface area contributed by atoms with Crippen LogP contribution < -0.4 is 5.32 Å². The van der Waals surface area contributed by atoms with Gasteiger partial charge in [-0.05, 0) is 37.1 Å². The topological polar surface area (TPSA) is 72.2 Å². The first kappa shape index (κ1) is 17.2. The van der Waals surface area contributed by atoms with Crippen molar-refractivity contribution in [3.8, 4) is 0 Å². The highest BCUT2D eigenvalue weighted by Gasteiger charge is 2.16. The smallest absolute Gasteiger partial charge is 0.270 e. The Hall–Kier alpha value is -2.11. The van der Waals surface area contributed by atoms with Gasteiger partial charge in [-0.3, -0.25) is 14.9 Å². The Kier molecular flexibility index (Phi) is 5.58. The summed E-state index contributed by atoms with van der Waals surface area (Å²) >= 11 is 11.8. The number of halogens is 2. The highest BCUT2D eigenvalue weighted by Crippen LogP contribution is 2.22. The van der Waals surface area contributed by atoms with Gasteiger partial charge in [0, 0.05) is 23.2 Å². The molecule has 1 N–H and O–H groups in total. The average molecular weight is 353 g/mol. The first-order valence-electron chi connectivity index (χ1n) is 6.86. The molecule has 0 aliphatic heterocycles. The molecule has 0 heterocycles. The number of non-ortho nitro benzene ring substituents is 1. The zero-order chi connectivity index (χ0) is 17.0. The fraction of sp³-hybridized carbons (Fsp3) is 0.188. The first-order chi connectivity index (χ1) is 10.9. The number of nitro benzene ring substituents is 1. The number of nitrogens with one attached hydrogen (secondary N) is 1. The summed E-state index contributed by atoms with van der Waals surface area (Å²) in [6.45, 7) is 1.87. The summed E-state index contributed by atoms with van der Waals surface area (Å²) in [7, 11) is 0. The lowest BCUT2D eigenvalue weighted by molar-refractivity contribution is -0.384. The van der Waals surface area contributed by atoms with E-state index in [1.54, 1.807) is 12.1 Å². The first-order valence-corrected chi connectivity index (χ1v) is 7.61. The molecule has 0 aliphatic carbocycles. The summed E-state index contributed by atoms with van der Waals surface area (Å²) in [4.78, 5) is 22.3. The Labute approximate surface area is 143 Å². The second kappa shape index (κ2) is 7.44. The second-order valence-corrected chi connectivity index (χ2v) is 5.97. The molecule has 7 heteroatoms. The van der Waals surface area contributed by atoms with Crippen LogP contribution in [0.5, 0.6) is 0 Å². The van der Waals surface area contributed by atoms with Crippen LogP contribution in [0.1, 0.15) is 22.8 Å². The van der Waals surface area contributed by atoms with Gasteiger partial charge in [-0.25, -0.2) is 0 Å². The monoisotopic (exact) mass is 352 g/mol. The van der Waals surface area contributed by atoms with Crippen molar-refractivity contribution in [2.75, 3.05) is 0 Å². The molecule has 1 unspecified atom stereocenters. The SMILES string of the molecule is CC(Cc1ccc(Cl)cc1)NC(=O)c1ccc([N+](=O)[O-])cc1Cl. The maximum atomic E-state index is 12.2. The number of hydrogen-bond acceptors (Lipinski definition) is 3. The van der Waals surface area contributed by atoms with Crippen LogP contribution in [0.4, 0.5) is 5.69 Å². The van der Waals surface area contributed by atoms with Gasteiger partial charge in [0.1, 0.15) is 0 Å². The van der Waals surface area contributed by atoms with Gasteiger partial charge >= 0.3 is 0 Å². The molecule has 0 aromatic heterocycles. The molecule has 2 aromatic carbocycles. The fourth-order valence-corrected chi connectivity index (χ4v) is 2.51. The molecule has 1 amide bonds. The van der Waals surface area contributed by atoms with E-state index in [0.29, 0.717) is 11.4 Å². The molecule has 1 atom stereocenters. The van der Waals surface area contributed by atoms with E-state index in [1.807, 2.05) is 19.1 Å². The van der Waals surface area contributed by atoms with E-state index < -0.39 is 4.92 Å². The van der Waals surface area contributed by atoms with E-state index in [4.69, 9.17) is 23.2 Å². The Balaban J connectivity index is 2.03. The lowest BCUT2D eigenvalue weighted by Crippen LogP contribution is -2.34. The maximum absolute atomic E-state index is 12.2. The fourth-order valence-electron chi connectivity index (χ4n) is 2.13. The van der Waals surface area contributed by atoms with Crippen molar-refractivity contribution in [1.82, 2.24) is 5.32 Å². The molecular formula is C16H14Cl2N2O3. The van der Waals surface area contributed by atoms with Crippen LogP contribution in [0.3, 0.4) is 0 Å². The van der Waals surface area contributed by atoms with Gasteiger partial charge < -0.3 is 5.32 Å². The molecule has 5 nitrogen and oxygen atoms in total. The molecule has 0 bridgehead atoms. The molecule has 23 heavy (non-hydrogen) atoms. The molecule has 2 rings (SSSR count). The number of amides is 1. The second-order valence-electron chi connectivity index (χ2n) is 5.13. The number of nitro groups is 1. The molecule has 2 aromatic rings. The van der Waals surface area contributed by atoms with E-state index >= 15 is 0 Å². The van der Waals surface area contributed by atoms with Crippen molar-refractivity contribution >= 4 is 34.8 Å².